The van der Waals surface area contributed by atoms with E-state index in [-0.39, 0.29) is 12.6 Å². The third-order valence-corrected chi connectivity index (χ3v) is 2.68. The molecular formula is C11H14BrFO. The standard InChI is InChI=1S/C11H14BrFO/c1-3-14-11-5-4-9(6-10(11)12)8(2)7-13/h4-6,8H,3,7H2,1-2H3. The van der Waals surface area contributed by atoms with Crippen molar-refractivity contribution < 1.29 is 9.13 Å². The van der Waals surface area contributed by atoms with Crippen molar-refractivity contribution in [3.05, 3.63) is 28.2 Å². The largest absolute Gasteiger partial charge is 0.493 e. The lowest BCUT2D eigenvalue weighted by Gasteiger charge is -2.10. The van der Waals surface area contributed by atoms with Crippen LogP contribution in [0.1, 0.15) is 25.3 Å². The van der Waals surface area contributed by atoms with Gasteiger partial charge in [-0.15, -0.1) is 0 Å². The molecule has 0 saturated carbocycles. The molecule has 0 saturated heterocycles. The zero-order valence-corrected chi connectivity index (χ0v) is 9.97. The lowest BCUT2D eigenvalue weighted by atomic mass is 10.0. The monoisotopic (exact) mass is 260 g/mol. The van der Waals surface area contributed by atoms with Gasteiger partial charge < -0.3 is 4.74 Å². The lowest BCUT2D eigenvalue weighted by Crippen LogP contribution is -1.97. The molecule has 0 aliphatic rings. The van der Waals surface area contributed by atoms with E-state index in [2.05, 4.69) is 15.9 Å². The van der Waals surface area contributed by atoms with Crippen molar-refractivity contribution in [2.45, 2.75) is 19.8 Å². The Morgan fingerprint density at radius 3 is 2.71 bits per heavy atom. The molecule has 0 radical (unpaired) electrons. The average Bonchev–Trinajstić information content (AvgIpc) is 2.20. The van der Waals surface area contributed by atoms with E-state index in [1.54, 1.807) is 0 Å². The molecule has 1 rings (SSSR count). The van der Waals surface area contributed by atoms with Crippen molar-refractivity contribution in [1.29, 1.82) is 0 Å². The molecule has 0 aliphatic heterocycles. The molecule has 78 valence electrons. The molecule has 0 amide bonds. The predicted octanol–water partition coefficient (Wildman–Crippen LogP) is 3.92. The van der Waals surface area contributed by atoms with E-state index in [9.17, 15) is 4.39 Å². The summed E-state index contributed by atoms with van der Waals surface area (Å²) in [5.41, 5.74) is 0.989. The summed E-state index contributed by atoms with van der Waals surface area (Å²) in [6, 6.07) is 5.68. The molecule has 0 heterocycles. The summed E-state index contributed by atoms with van der Waals surface area (Å²) in [4.78, 5) is 0. The van der Waals surface area contributed by atoms with Crippen molar-refractivity contribution in [1.82, 2.24) is 0 Å². The zero-order valence-electron chi connectivity index (χ0n) is 8.39. The second-order valence-electron chi connectivity index (χ2n) is 3.18. The van der Waals surface area contributed by atoms with Crippen LogP contribution < -0.4 is 4.74 Å². The van der Waals surface area contributed by atoms with E-state index >= 15 is 0 Å². The van der Waals surface area contributed by atoms with Crippen LogP contribution >= 0.6 is 15.9 Å². The normalized spacial score (nSPS) is 12.6. The van der Waals surface area contributed by atoms with Gasteiger partial charge in [0.25, 0.3) is 0 Å². The summed E-state index contributed by atoms with van der Waals surface area (Å²) < 4.78 is 18.7. The maximum Gasteiger partial charge on any atom is 0.133 e. The molecule has 1 unspecified atom stereocenters. The molecule has 0 aromatic heterocycles. The Morgan fingerprint density at radius 2 is 2.21 bits per heavy atom. The van der Waals surface area contributed by atoms with Gasteiger partial charge in [0.15, 0.2) is 0 Å². The highest BCUT2D eigenvalue weighted by Gasteiger charge is 2.07. The Labute approximate surface area is 92.4 Å². The van der Waals surface area contributed by atoms with Crippen LogP contribution in [0.4, 0.5) is 4.39 Å². The molecule has 0 spiro atoms. The maximum atomic E-state index is 12.4. The predicted molar refractivity (Wildman–Crippen MR) is 59.7 cm³/mol. The van der Waals surface area contributed by atoms with Crippen molar-refractivity contribution in [3.8, 4) is 5.75 Å². The number of hydrogen-bond donors (Lipinski definition) is 0. The highest BCUT2D eigenvalue weighted by molar-refractivity contribution is 9.10. The number of rotatable bonds is 4. The zero-order chi connectivity index (χ0) is 10.6. The molecule has 14 heavy (non-hydrogen) atoms. The van der Waals surface area contributed by atoms with E-state index in [1.165, 1.54) is 0 Å². The number of benzene rings is 1. The van der Waals surface area contributed by atoms with Crippen molar-refractivity contribution in [2.24, 2.45) is 0 Å². The topological polar surface area (TPSA) is 9.23 Å². The fourth-order valence-corrected chi connectivity index (χ4v) is 1.70. The number of halogens is 2. The molecule has 0 aliphatic carbocycles. The highest BCUT2D eigenvalue weighted by Crippen LogP contribution is 2.29. The van der Waals surface area contributed by atoms with Crippen LogP contribution in [0, 0.1) is 0 Å². The van der Waals surface area contributed by atoms with E-state index in [4.69, 9.17) is 4.74 Å². The summed E-state index contributed by atoms with van der Waals surface area (Å²) in [6.07, 6.45) is 0. The van der Waals surface area contributed by atoms with Gasteiger partial charge in [-0.25, -0.2) is 0 Å². The van der Waals surface area contributed by atoms with E-state index < -0.39 is 0 Å². The van der Waals surface area contributed by atoms with Crippen molar-refractivity contribution >= 4 is 15.9 Å². The maximum absolute atomic E-state index is 12.4. The fourth-order valence-electron chi connectivity index (χ4n) is 1.19. The third kappa shape index (κ3) is 2.71. The summed E-state index contributed by atoms with van der Waals surface area (Å²) >= 11 is 3.40. The summed E-state index contributed by atoms with van der Waals surface area (Å²) in [7, 11) is 0. The number of ether oxygens (including phenoxy) is 1. The first-order chi connectivity index (χ1) is 6.69. The van der Waals surface area contributed by atoms with Crippen molar-refractivity contribution in [2.75, 3.05) is 13.3 Å². The van der Waals surface area contributed by atoms with Gasteiger partial charge >= 0.3 is 0 Å². The molecule has 3 heteroatoms. The SMILES string of the molecule is CCOc1ccc(C(C)CF)cc1Br. The Bertz CT molecular complexity index is 301. The second kappa shape index (κ2) is 5.35. The van der Waals surface area contributed by atoms with Gasteiger partial charge in [-0.2, -0.15) is 0 Å². The van der Waals surface area contributed by atoms with Crippen LogP contribution in [0.5, 0.6) is 5.75 Å². The molecule has 1 nitrogen and oxygen atoms in total. The Balaban J connectivity index is 2.88. The average molecular weight is 261 g/mol. The van der Waals surface area contributed by atoms with Crippen LogP contribution in [0.15, 0.2) is 22.7 Å². The Kier molecular flexibility index (Phi) is 4.39. The van der Waals surface area contributed by atoms with E-state index in [0.29, 0.717) is 6.61 Å². The van der Waals surface area contributed by atoms with Crippen LogP contribution in [-0.4, -0.2) is 13.3 Å². The molecule has 1 atom stereocenters. The molecular weight excluding hydrogens is 247 g/mol. The molecule has 0 fully saturated rings. The Hall–Kier alpha value is -0.570. The van der Waals surface area contributed by atoms with Gasteiger partial charge in [-0.05, 0) is 40.5 Å². The number of hydrogen-bond acceptors (Lipinski definition) is 1. The first-order valence-electron chi connectivity index (χ1n) is 4.67. The number of alkyl halides is 1. The van der Waals surface area contributed by atoms with Gasteiger partial charge in [-0.3, -0.25) is 4.39 Å². The van der Waals surface area contributed by atoms with Gasteiger partial charge in [0.05, 0.1) is 17.8 Å². The first kappa shape index (κ1) is 11.5. The first-order valence-corrected chi connectivity index (χ1v) is 5.46. The summed E-state index contributed by atoms with van der Waals surface area (Å²) in [5, 5.41) is 0. The van der Waals surface area contributed by atoms with Gasteiger partial charge in [0, 0.05) is 5.92 Å². The Morgan fingerprint density at radius 1 is 1.50 bits per heavy atom. The fraction of sp³-hybridized carbons (Fsp3) is 0.455. The minimum absolute atomic E-state index is 0.0537. The molecule has 1 aromatic carbocycles. The lowest BCUT2D eigenvalue weighted by molar-refractivity contribution is 0.338. The highest BCUT2D eigenvalue weighted by atomic mass is 79.9. The van der Waals surface area contributed by atoms with E-state index in [0.717, 1.165) is 15.8 Å². The third-order valence-electron chi connectivity index (χ3n) is 2.06. The molecule has 1 aromatic rings. The smallest absolute Gasteiger partial charge is 0.133 e. The van der Waals surface area contributed by atoms with Gasteiger partial charge in [0.1, 0.15) is 5.75 Å². The quantitative estimate of drug-likeness (QED) is 0.798. The van der Waals surface area contributed by atoms with Crippen LogP contribution in [-0.2, 0) is 0 Å². The summed E-state index contributed by atoms with van der Waals surface area (Å²) in [5.74, 6) is 0.754. The second-order valence-corrected chi connectivity index (χ2v) is 4.03. The minimum Gasteiger partial charge on any atom is -0.493 e. The molecule has 0 bridgehead atoms. The van der Waals surface area contributed by atoms with Crippen LogP contribution in [0.2, 0.25) is 0 Å². The van der Waals surface area contributed by atoms with E-state index in [1.807, 2.05) is 32.0 Å². The van der Waals surface area contributed by atoms with Crippen LogP contribution in [0.25, 0.3) is 0 Å². The van der Waals surface area contributed by atoms with Gasteiger partial charge in [-0.1, -0.05) is 13.0 Å². The van der Waals surface area contributed by atoms with Gasteiger partial charge in [0.2, 0.25) is 0 Å². The molecule has 0 N–H and O–H groups in total. The van der Waals surface area contributed by atoms with Crippen LogP contribution in [0.3, 0.4) is 0 Å². The summed E-state index contributed by atoms with van der Waals surface area (Å²) in [6.45, 7) is 4.10. The minimum atomic E-state index is -0.333. The van der Waals surface area contributed by atoms with Crippen molar-refractivity contribution in [3.63, 3.8) is 0 Å².